The van der Waals surface area contributed by atoms with Crippen molar-refractivity contribution in [3.63, 3.8) is 0 Å². The van der Waals surface area contributed by atoms with Gasteiger partial charge in [0.1, 0.15) is 0 Å². The van der Waals surface area contributed by atoms with Gasteiger partial charge in [0.2, 0.25) is 0 Å². The summed E-state index contributed by atoms with van der Waals surface area (Å²) in [5, 5.41) is 9.10. The first-order chi connectivity index (χ1) is 9.08. The van der Waals surface area contributed by atoms with E-state index in [0.29, 0.717) is 6.61 Å². The molecule has 0 saturated carbocycles. The summed E-state index contributed by atoms with van der Waals surface area (Å²) < 4.78 is 11.5. The van der Waals surface area contributed by atoms with Crippen LogP contribution in [0.25, 0.3) is 0 Å². The lowest BCUT2D eigenvalue weighted by atomic mass is 9.99. The third-order valence-corrected chi connectivity index (χ3v) is 3.51. The van der Waals surface area contributed by atoms with Crippen LogP contribution in [0.3, 0.4) is 0 Å². The minimum Gasteiger partial charge on any atom is -0.481 e. The van der Waals surface area contributed by atoms with E-state index in [2.05, 4.69) is 0 Å². The molecule has 1 aromatic rings. The molecule has 1 N–H and O–H groups in total. The van der Waals surface area contributed by atoms with Crippen LogP contribution in [0.4, 0.5) is 0 Å². The van der Waals surface area contributed by atoms with E-state index in [1.54, 1.807) is 6.92 Å². The Morgan fingerprint density at radius 3 is 2.79 bits per heavy atom. The molecule has 19 heavy (non-hydrogen) atoms. The Bertz CT molecular complexity index is 417. The van der Waals surface area contributed by atoms with Crippen LogP contribution in [0.1, 0.15) is 25.8 Å². The molecule has 1 aromatic carbocycles. The zero-order valence-corrected chi connectivity index (χ0v) is 11.3. The highest BCUT2D eigenvalue weighted by Crippen LogP contribution is 2.29. The van der Waals surface area contributed by atoms with E-state index >= 15 is 0 Å². The second kappa shape index (κ2) is 6.17. The number of carbonyl (C=O) groups is 1. The molecule has 0 amide bonds. The topological polar surface area (TPSA) is 55.8 Å². The standard InChI is InChI=1S/C15H20O4/c1-10-8-13(14(19-10)11(2)15(16)17)18-9-12-6-4-3-5-7-12/h3-7,10-11,13-14H,8-9H2,1-2H3,(H,16,17)/t10-,11+,13-,14+/m0/s1. The van der Waals surface area contributed by atoms with Crippen molar-refractivity contribution in [2.45, 2.75) is 45.2 Å². The van der Waals surface area contributed by atoms with Crippen molar-refractivity contribution < 1.29 is 19.4 Å². The van der Waals surface area contributed by atoms with Crippen LogP contribution in [-0.2, 0) is 20.9 Å². The fourth-order valence-corrected chi connectivity index (χ4v) is 2.39. The van der Waals surface area contributed by atoms with Crippen LogP contribution in [0, 0.1) is 5.92 Å². The molecule has 0 aromatic heterocycles. The third kappa shape index (κ3) is 3.55. The summed E-state index contributed by atoms with van der Waals surface area (Å²) in [7, 11) is 0. The molecule has 0 spiro atoms. The summed E-state index contributed by atoms with van der Waals surface area (Å²) in [6, 6.07) is 9.87. The van der Waals surface area contributed by atoms with Gasteiger partial charge in [0.05, 0.1) is 30.8 Å². The molecule has 0 aliphatic carbocycles. The highest BCUT2D eigenvalue weighted by Gasteiger charge is 2.40. The first-order valence-electron chi connectivity index (χ1n) is 6.61. The lowest BCUT2D eigenvalue weighted by molar-refractivity contribution is -0.149. The van der Waals surface area contributed by atoms with E-state index in [4.69, 9.17) is 14.6 Å². The minimum absolute atomic E-state index is 0.0487. The number of ether oxygens (including phenoxy) is 2. The molecule has 4 nitrogen and oxygen atoms in total. The van der Waals surface area contributed by atoms with Crippen LogP contribution in [0.2, 0.25) is 0 Å². The molecule has 0 bridgehead atoms. The van der Waals surface area contributed by atoms with Crippen LogP contribution in [0.5, 0.6) is 0 Å². The fraction of sp³-hybridized carbons (Fsp3) is 0.533. The number of benzene rings is 1. The van der Waals surface area contributed by atoms with Crippen molar-refractivity contribution in [3.8, 4) is 0 Å². The molecule has 0 unspecified atom stereocenters. The zero-order chi connectivity index (χ0) is 13.8. The third-order valence-electron chi connectivity index (χ3n) is 3.51. The van der Waals surface area contributed by atoms with Crippen LogP contribution < -0.4 is 0 Å². The van der Waals surface area contributed by atoms with E-state index in [0.717, 1.165) is 12.0 Å². The molecule has 1 saturated heterocycles. The largest absolute Gasteiger partial charge is 0.481 e. The second-order valence-corrected chi connectivity index (χ2v) is 5.11. The van der Waals surface area contributed by atoms with Gasteiger partial charge in [0.25, 0.3) is 0 Å². The number of rotatable bonds is 5. The van der Waals surface area contributed by atoms with Gasteiger partial charge in [-0.15, -0.1) is 0 Å². The highest BCUT2D eigenvalue weighted by atomic mass is 16.6. The summed E-state index contributed by atoms with van der Waals surface area (Å²) in [6.07, 6.45) is 0.278. The van der Waals surface area contributed by atoms with Gasteiger partial charge >= 0.3 is 5.97 Å². The van der Waals surface area contributed by atoms with Crippen molar-refractivity contribution in [2.24, 2.45) is 5.92 Å². The summed E-state index contributed by atoms with van der Waals surface area (Å²) in [4.78, 5) is 11.1. The molecule has 1 heterocycles. The maximum absolute atomic E-state index is 11.1. The van der Waals surface area contributed by atoms with Gasteiger partial charge in [0, 0.05) is 6.42 Å². The quantitative estimate of drug-likeness (QED) is 0.887. The number of aliphatic carboxylic acids is 1. The molecule has 0 radical (unpaired) electrons. The lowest BCUT2D eigenvalue weighted by Crippen LogP contribution is -2.35. The summed E-state index contributed by atoms with van der Waals surface area (Å²) in [5.74, 6) is -1.39. The SMILES string of the molecule is C[C@H]1C[C@H](OCc2ccccc2)[C@@H]([C@@H](C)C(=O)O)O1. The molecule has 1 fully saturated rings. The Morgan fingerprint density at radius 1 is 1.47 bits per heavy atom. The van der Waals surface area contributed by atoms with Gasteiger partial charge < -0.3 is 14.6 Å². The van der Waals surface area contributed by atoms with Crippen LogP contribution in [0.15, 0.2) is 30.3 Å². The van der Waals surface area contributed by atoms with Crippen molar-refractivity contribution >= 4 is 5.97 Å². The summed E-state index contributed by atoms with van der Waals surface area (Å²) in [5.41, 5.74) is 1.09. The van der Waals surface area contributed by atoms with Crippen LogP contribution in [-0.4, -0.2) is 29.4 Å². The average Bonchev–Trinajstić information content (AvgIpc) is 2.77. The highest BCUT2D eigenvalue weighted by molar-refractivity contribution is 5.70. The molecule has 1 aliphatic heterocycles. The van der Waals surface area contributed by atoms with Gasteiger partial charge in [-0.3, -0.25) is 4.79 Å². The maximum atomic E-state index is 11.1. The Kier molecular flexibility index (Phi) is 4.56. The van der Waals surface area contributed by atoms with E-state index in [9.17, 15) is 4.79 Å². The molecular formula is C15H20O4. The lowest BCUT2D eigenvalue weighted by Gasteiger charge is -2.22. The van der Waals surface area contributed by atoms with Gasteiger partial charge in [-0.05, 0) is 19.4 Å². The Balaban J connectivity index is 1.96. The Morgan fingerprint density at radius 2 is 2.16 bits per heavy atom. The Hall–Kier alpha value is -1.39. The van der Waals surface area contributed by atoms with Gasteiger partial charge in [-0.2, -0.15) is 0 Å². The number of hydrogen-bond acceptors (Lipinski definition) is 3. The zero-order valence-electron chi connectivity index (χ0n) is 11.3. The molecule has 104 valence electrons. The van der Waals surface area contributed by atoms with E-state index in [1.807, 2.05) is 37.3 Å². The van der Waals surface area contributed by atoms with Crippen LogP contribution >= 0.6 is 0 Å². The number of carboxylic acids is 1. The maximum Gasteiger partial charge on any atom is 0.308 e. The van der Waals surface area contributed by atoms with E-state index in [1.165, 1.54) is 0 Å². The first-order valence-corrected chi connectivity index (χ1v) is 6.61. The average molecular weight is 264 g/mol. The summed E-state index contributed by atoms with van der Waals surface area (Å²) >= 11 is 0. The second-order valence-electron chi connectivity index (χ2n) is 5.11. The van der Waals surface area contributed by atoms with Crippen molar-refractivity contribution in [3.05, 3.63) is 35.9 Å². The normalized spacial score (nSPS) is 28.2. The van der Waals surface area contributed by atoms with Crippen molar-refractivity contribution in [1.29, 1.82) is 0 Å². The van der Waals surface area contributed by atoms with Crippen molar-refractivity contribution in [2.75, 3.05) is 0 Å². The fourth-order valence-electron chi connectivity index (χ4n) is 2.39. The van der Waals surface area contributed by atoms with Gasteiger partial charge in [-0.25, -0.2) is 0 Å². The van der Waals surface area contributed by atoms with E-state index in [-0.39, 0.29) is 18.3 Å². The summed E-state index contributed by atoms with van der Waals surface area (Å²) in [6.45, 7) is 4.11. The molecular weight excluding hydrogens is 244 g/mol. The monoisotopic (exact) mass is 264 g/mol. The van der Waals surface area contributed by atoms with Gasteiger partial charge in [-0.1, -0.05) is 30.3 Å². The number of hydrogen-bond donors (Lipinski definition) is 1. The van der Waals surface area contributed by atoms with Gasteiger partial charge in [0.15, 0.2) is 0 Å². The number of carboxylic acid groups (broad SMARTS) is 1. The smallest absolute Gasteiger partial charge is 0.308 e. The first kappa shape index (κ1) is 14.0. The van der Waals surface area contributed by atoms with E-state index < -0.39 is 11.9 Å². The minimum atomic E-state index is -0.840. The molecule has 2 rings (SSSR count). The van der Waals surface area contributed by atoms with Crippen molar-refractivity contribution in [1.82, 2.24) is 0 Å². The predicted molar refractivity (Wildman–Crippen MR) is 70.8 cm³/mol. The molecule has 1 aliphatic rings. The Labute approximate surface area is 113 Å². The predicted octanol–water partition coefficient (Wildman–Crippen LogP) is 2.47. The molecule has 4 atom stereocenters. The molecule has 4 heteroatoms.